The van der Waals surface area contributed by atoms with E-state index in [1.54, 1.807) is 11.8 Å². The van der Waals surface area contributed by atoms with E-state index in [0.717, 1.165) is 44.9 Å². The number of esters is 2. The van der Waals surface area contributed by atoms with E-state index < -0.39 is 11.5 Å². The number of carbonyl (C=O) groups excluding carboxylic acids is 3. The van der Waals surface area contributed by atoms with Crippen molar-refractivity contribution in [1.82, 2.24) is 10.2 Å². The number of nitrogens with zero attached hydrogens (tertiary/aromatic N) is 1. The number of hydrogen-bond donors (Lipinski definition) is 2. The van der Waals surface area contributed by atoms with E-state index >= 15 is 0 Å². The first kappa shape index (κ1) is 35.9. The van der Waals surface area contributed by atoms with Gasteiger partial charge in [-0.05, 0) is 89.9 Å². The maximum Gasteiger partial charge on any atom is 0.333 e. The van der Waals surface area contributed by atoms with Crippen molar-refractivity contribution in [3.8, 4) is 0 Å². The largest absolute Gasteiger partial charge is 0.466 e. The Morgan fingerprint density at radius 3 is 2.20 bits per heavy atom. The van der Waals surface area contributed by atoms with Crippen LogP contribution in [0, 0.1) is 10.8 Å². The number of aliphatic hydroxyl groups excluding tert-OH is 1. The Hall–Kier alpha value is -2.13. The van der Waals surface area contributed by atoms with Gasteiger partial charge >= 0.3 is 18.0 Å². The highest BCUT2D eigenvalue weighted by atomic mass is 16.5. The molecule has 0 spiro atoms. The zero-order chi connectivity index (χ0) is 30.4. The van der Waals surface area contributed by atoms with Crippen molar-refractivity contribution in [2.24, 2.45) is 10.8 Å². The molecule has 2 N–H and O–H groups in total. The van der Waals surface area contributed by atoms with Gasteiger partial charge in [0.25, 0.3) is 0 Å². The smallest absolute Gasteiger partial charge is 0.333 e. The summed E-state index contributed by atoms with van der Waals surface area (Å²) in [4.78, 5) is 39.3. The third kappa shape index (κ3) is 14.5. The maximum atomic E-state index is 13.4. The van der Waals surface area contributed by atoms with Crippen LogP contribution in [-0.2, 0) is 23.8 Å². The predicted octanol–water partition coefficient (Wildman–Crippen LogP) is 5.39. The van der Waals surface area contributed by atoms with Gasteiger partial charge in [-0.2, -0.15) is 0 Å². The molecule has 0 aliphatic heterocycles. The number of urea groups is 1. The predicted molar refractivity (Wildman–Crippen MR) is 157 cm³/mol. The third-order valence-corrected chi connectivity index (χ3v) is 7.30. The third-order valence-electron chi connectivity index (χ3n) is 7.30. The number of carbonyl (C=O) groups is 3. The highest BCUT2D eigenvalue weighted by molar-refractivity contribution is 5.86. The minimum Gasteiger partial charge on any atom is -0.466 e. The number of amides is 2. The van der Waals surface area contributed by atoms with Gasteiger partial charge in [0, 0.05) is 43.4 Å². The van der Waals surface area contributed by atoms with Gasteiger partial charge in [0.1, 0.15) is 6.61 Å². The van der Waals surface area contributed by atoms with E-state index in [2.05, 4.69) is 32.7 Å². The lowest BCUT2D eigenvalue weighted by Crippen LogP contribution is -2.56. The van der Waals surface area contributed by atoms with E-state index in [4.69, 9.17) is 19.3 Å². The van der Waals surface area contributed by atoms with Crippen molar-refractivity contribution in [3.05, 3.63) is 12.2 Å². The van der Waals surface area contributed by atoms with E-state index in [-0.39, 0.29) is 48.6 Å². The van der Waals surface area contributed by atoms with Crippen molar-refractivity contribution in [2.75, 3.05) is 39.6 Å². The van der Waals surface area contributed by atoms with Crippen LogP contribution >= 0.6 is 0 Å². The van der Waals surface area contributed by atoms with Crippen LogP contribution in [-0.4, -0.2) is 79.1 Å². The summed E-state index contributed by atoms with van der Waals surface area (Å²) in [6.45, 7) is 19.9. The van der Waals surface area contributed by atoms with Crippen LogP contribution in [0.4, 0.5) is 4.79 Å². The molecule has 232 valence electrons. The van der Waals surface area contributed by atoms with E-state index in [9.17, 15) is 14.4 Å². The molecule has 0 aromatic heterocycles. The number of hydrogen-bond acceptors (Lipinski definition) is 7. The minimum atomic E-state index is -0.461. The molecule has 0 saturated heterocycles. The highest BCUT2D eigenvalue weighted by Gasteiger charge is 2.42. The molecule has 1 rings (SSSR count). The number of unbranched alkanes of at least 4 members (excludes halogenated alkanes) is 2. The molecule has 1 aliphatic carbocycles. The SMILES string of the molecule is C=C(C)C(=O)OCCN(C(=O)NC1CC(C)(C)CC(C)(CCC(=O)OCCCCOCCCCO)C1)C(C)(C)C. The van der Waals surface area contributed by atoms with Crippen molar-refractivity contribution >= 4 is 18.0 Å². The fourth-order valence-corrected chi connectivity index (χ4v) is 5.66. The van der Waals surface area contributed by atoms with Crippen LogP contribution in [0.2, 0.25) is 0 Å². The first-order chi connectivity index (χ1) is 18.6. The van der Waals surface area contributed by atoms with Crippen LogP contribution in [0.3, 0.4) is 0 Å². The average molecular weight is 569 g/mol. The monoisotopic (exact) mass is 568 g/mol. The zero-order valence-corrected chi connectivity index (χ0v) is 26.2. The molecule has 0 radical (unpaired) electrons. The normalized spacial score (nSPS) is 20.4. The molecule has 2 unspecified atom stereocenters. The van der Waals surface area contributed by atoms with Crippen LogP contribution in [0.5, 0.6) is 0 Å². The van der Waals surface area contributed by atoms with Gasteiger partial charge in [0.05, 0.1) is 13.2 Å². The summed E-state index contributed by atoms with van der Waals surface area (Å²) < 4.78 is 16.2. The van der Waals surface area contributed by atoms with Crippen molar-refractivity contribution in [2.45, 2.75) is 118 Å². The summed E-state index contributed by atoms with van der Waals surface area (Å²) in [5, 5.41) is 12.0. The molecule has 0 aromatic carbocycles. The topological polar surface area (TPSA) is 114 Å². The Morgan fingerprint density at radius 2 is 1.60 bits per heavy atom. The number of rotatable bonds is 17. The van der Waals surface area contributed by atoms with E-state index in [1.807, 2.05) is 20.8 Å². The molecule has 2 atom stereocenters. The summed E-state index contributed by atoms with van der Waals surface area (Å²) >= 11 is 0. The fraction of sp³-hybridized carbons (Fsp3) is 0.839. The number of aliphatic hydroxyl groups is 1. The van der Waals surface area contributed by atoms with Gasteiger partial charge in [-0.1, -0.05) is 27.4 Å². The van der Waals surface area contributed by atoms with Crippen LogP contribution in [0.15, 0.2) is 12.2 Å². The minimum absolute atomic E-state index is 0.00953. The second kappa shape index (κ2) is 17.0. The Kier molecular flexibility index (Phi) is 15.2. The maximum absolute atomic E-state index is 13.4. The standard InChI is InChI=1S/C31H56N2O7/c1-24(2)27(36)40-20-15-33(29(3,4)5)28(37)32-25-21-30(6,7)23-31(8,22-25)14-13-26(35)39-19-12-11-18-38-17-10-9-16-34/h25,34H,1,9-23H2,2-8H3,(H,32,37). The van der Waals surface area contributed by atoms with Crippen LogP contribution in [0.25, 0.3) is 0 Å². The molecule has 0 aromatic rings. The second-order valence-corrected chi connectivity index (χ2v) is 13.4. The summed E-state index contributed by atoms with van der Waals surface area (Å²) in [6.07, 6.45) is 6.87. The first-order valence-corrected chi connectivity index (χ1v) is 14.8. The summed E-state index contributed by atoms with van der Waals surface area (Å²) in [7, 11) is 0. The van der Waals surface area contributed by atoms with Gasteiger partial charge in [0.2, 0.25) is 0 Å². The molecular formula is C31H56N2O7. The molecule has 1 fully saturated rings. The van der Waals surface area contributed by atoms with Crippen molar-refractivity contribution < 1.29 is 33.7 Å². The van der Waals surface area contributed by atoms with Crippen molar-refractivity contribution in [3.63, 3.8) is 0 Å². The van der Waals surface area contributed by atoms with E-state index in [0.29, 0.717) is 38.2 Å². The molecule has 0 heterocycles. The Labute approximate surface area is 242 Å². The molecule has 9 nitrogen and oxygen atoms in total. The number of ether oxygens (including phenoxy) is 3. The average Bonchev–Trinajstić information content (AvgIpc) is 2.82. The van der Waals surface area contributed by atoms with E-state index in [1.165, 1.54) is 0 Å². The van der Waals surface area contributed by atoms with Gasteiger partial charge in [-0.15, -0.1) is 0 Å². The first-order valence-electron chi connectivity index (χ1n) is 14.8. The molecule has 2 amide bonds. The summed E-state index contributed by atoms with van der Waals surface area (Å²) in [5.41, 5.74) is -0.223. The lowest BCUT2D eigenvalue weighted by molar-refractivity contribution is -0.145. The second-order valence-electron chi connectivity index (χ2n) is 13.4. The lowest BCUT2D eigenvalue weighted by Gasteiger charge is -2.47. The van der Waals surface area contributed by atoms with Crippen LogP contribution in [0.1, 0.15) is 106 Å². The van der Waals surface area contributed by atoms with Gasteiger partial charge in [0.15, 0.2) is 0 Å². The van der Waals surface area contributed by atoms with Gasteiger partial charge < -0.3 is 29.5 Å². The molecule has 9 heteroatoms. The quantitative estimate of drug-likeness (QED) is 0.137. The van der Waals surface area contributed by atoms with Crippen LogP contribution < -0.4 is 5.32 Å². The lowest BCUT2D eigenvalue weighted by atomic mass is 9.61. The van der Waals surface area contributed by atoms with Crippen molar-refractivity contribution in [1.29, 1.82) is 0 Å². The molecule has 40 heavy (non-hydrogen) atoms. The molecule has 1 saturated carbocycles. The molecule has 0 bridgehead atoms. The number of nitrogens with one attached hydrogen (secondary N) is 1. The summed E-state index contributed by atoms with van der Waals surface area (Å²) in [6, 6.07) is -0.210. The zero-order valence-electron chi connectivity index (χ0n) is 26.2. The summed E-state index contributed by atoms with van der Waals surface area (Å²) in [5.74, 6) is -0.644. The Balaban J connectivity index is 2.58. The fourth-order valence-electron chi connectivity index (χ4n) is 5.66. The van der Waals surface area contributed by atoms with Gasteiger partial charge in [-0.25, -0.2) is 9.59 Å². The molecule has 1 aliphatic rings. The highest BCUT2D eigenvalue weighted by Crippen LogP contribution is 2.48. The molecular weight excluding hydrogens is 512 g/mol. The Bertz CT molecular complexity index is 821. The van der Waals surface area contributed by atoms with Gasteiger partial charge in [-0.3, -0.25) is 4.79 Å². The Morgan fingerprint density at radius 1 is 0.975 bits per heavy atom.